The van der Waals surface area contributed by atoms with E-state index < -0.39 is 5.54 Å². The second kappa shape index (κ2) is 9.37. The van der Waals surface area contributed by atoms with Gasteiger partial charge in [0.2, 0.25) is 0 Å². The molecule has 0 radical (unpaired) electrons. The number of nitrogens with one attached hydrogen (secondary N) is 1. The third kappa shape index (κ3) is 5.57. The third-order valence-corrected chi connectivity index (χ3v) is 3.93. The largest absolute Gasteiger partial charge is 0.490 e. The maximum atomic E-state index is 13.1. The molecule has 0 unspecified atom stereocenters. The molecular weight excluding hydrogens is 356 g/mol. The lowest BCUT2D eigenvalue weighted by Gasteiger charge is -2.19. The molecule has 0 fully saturated rings. The molecule has 28 heavy (non-hydrogen) atoms. The zero-order valence-corrected chi connectivity index (χ0v) is 16.9. The van der Waals surface area contributed by atoms with Crippen LogP contribution in [0.5, 0.6) is 11.5 Å². The summed E-state index contributed by atoms with van der Waals surface area (Å²) in [6.07, 6.45) is 0. The van der Waals surface area contributed by atoms with Crippen LogP contribution in [0.3, 0.4) is 0 Å². The van der Waals surface area contributed by atoms with Crippen LogP contribution in [0.4, 0.5) is 0 Å². The van der Waals surface area contributed by atoms with Gasteiger partial charge in [0.05, 0.1) is 18.8 Å². The fourth-order valence-corrected chi connectivity index (χ4v) is 2.63. The number of hydrogen-bond acceptors (Lipinski definition) is 5. The number of carbonyl (C=O) groups is 2. The molecule has 0 spiro atoms. The van der Waals surface area contributed by atoms with Gasteiger partial charge in [0.15, 0.2) is 17.3 Å². The minimum absolute atomic E-state index is 0.262. The van der Waals surface area contributed by atoms with E-state index in [9.17, 15) is 9.59 Å². The van der Waals surface area contributed by atoms with Crippen molar-refractivity contribution in [3.8, 4) is 11.5 Å². The smallest absolute Gasteiger partial charge is 0.252 e. The van der Waals surface area contributed by atoms with Crippen molar-refractivity contribution in [3.63, 3.8) is 0 Å². The summed E-state index contributed by atoms with van der Waals surface area (Å²) in [5, 5.41) is 2.78. The topological polar surface area (TPSA) is 90.7 Å². The van der Waals surface area contributed by atoms with Crippen LogP contribution in [-0.4, -0.2) is 37.0 Å². The summed E-state index contributed by atoms with van der Waals surface area (Å²) in [6, 6.07) is 11.8. The van der Waals surface area contributed by atoms with E-state index in [-0.39, 0.29) is 11.7 Å². The van der Waals surface area contributed by atoms with Crippen LogP contribution in [0, 0.1) is 0 Å². The number of hydrogen-bond donors (Lipinski definition) is 2. The van der Waals surface area contributed by atoms with Gasteiger partial charge in [-0.1, -0.05) is 18.2 Å². The highest BCUT2D eigenvalue weighted by Gasteiger charge is 2.21. The molecule has 0 atom stereocenters. The summed E-state index contributed by atoms with van der Waals surface area (Å²) in [6.45, 7) is 8.62. The van der Waals surface area contributed by atoms with Gasteiger partial charge in [-0.2, -0.15) is 0 Å². The van der Waals surface area contributed by atoms with Crippen molar-refractivity contribution < 1.29 is 19.1 Å². The van der Waals surface area contributed by atoms with Gasteiger partial charge in [-0.05, 0) is 52.0 Å². The first kappa shape index (κ1) is 21.4. The Hall–Kier alpha value is -2.86. The van der Waals surface area contributed by atoms with Gasteiger partial charge in [-0.3, -0.25) is 9.59 Å². The van der Waals surface area contributed by atoms with Crippen LogP contribution < -0.4 is 20.5 Å². The fraction of sp³-hybridized carbons (Fsp3) is 0.364. The maximum Gasteiger partial charge on any atom is 0.252 e. The monoisotopic (exact) mass is 384 g/mol. The number of amides is 1. The summed E-state index contributed by atoms with van der Waals surface area (Å²) >= 11 is 0. The molecule has 0 aliphatic rings. The molecule has 2 aromatic carbocycles. The van der Waals surface area contributed by atoms with Gasteiger partial charge in [-0.15, -0.1) is 0 Å². The zero-order chi connectivity index (χ0) is 20.7. The average Bonchev–Trinajstić information content (AvgIpc) is 2.66. The van der Waals surface area contributed by atoms with E-state index in [2.05, 4.69) is 5.32 Å². The molecule has 0 saturated carbocycles. The molecule has 2 aromatic rings. The van der Waals surface area contributed by atoms with Crippen LogP contribution in [0.2, 0.25) is 0 Å². The molecule has 3 N–H and O–H groups in total. The van der Waals surface area contributed by atoms with E-state index in [1.165, 1.54) is 0 Å². The molecule has 6 heteroatoms. The van der Waals surface area contributed by atoms with E-state index in [1.54, 1.807) is 42.5 Å². The maximum absolute atomic E-state index is 13.1. The number of ketones is 1. The van der Waals surface area contributed by atoms with Crippen molar-refractivity contribution in [3.05, 3.63) is 59.2 Å². The quantitative estimate of drug-likeness (QED) is 0.648. The van der Waals surface area contributed by atoms with Gasteiger partial charge in [-0.25, -0.2) is 0 Å². The molecular formula is C22H28N2O4. The summed E-state index contributed by atoms with van der Waals surface area (Å²) in [5.74, 6) is 0.485. The van der Waals surface area contributed by atoms with Gasteiger partial charge in [0.25, 0.3) is 5.91 Å². The Balaban J connectivity index is 2.34. The Morgan fingerprint density at radius 1 is 0.964 bits per heavy atom. The number of benzene rings is 2. The Kier molecular flexibility index (Phi) is 7.18. The predicted octanol–water partition coefficient (Wildman–Crippen LogP) is 3.18. The van der Waals surface area contributed by atoms with E-state index in [0.717, 1.165) is 0 Å². The van der Waals surface area contributed by atoms with Crippen molar-refractivity contribution >= 4 is 11.7 Å². The molecule has 0 aliphatic carbocycles. The molecule has 0 saturated heterocycles. The van der Waals surface area contributed by atoms with E-state index >= 15 is 0 Å². The number of nitrogens with two attached hydrogens (primary N) is 1. The van der Waals surface area contributed by atoms with Crippen molar-refractivity contribution in [1.29, 1.82) is 0 Å². The van der Waals surface area contributed by atoms with Crippen molar-refractivity contribution in [2.75, 3.05) is 19.8 Å². The highest BCUT2D eigenvalue weighted by Crippen LogP contribution is 2.29. The summed E-state index contributed by atoms with van der Waals surface area (Å²) in [4.78, 5) is 25.7. The Bertz CT molecular complexity index is 841. The standard InChI is InChI=1S/C22H28N2O4/c1-5-27-18-12-11-15(13-19(18)28-6-2)20(25)16-9-7-8-10-17(16)21(26)24-14-22(3,4)23/h7-13H,5-6,14,23H2,1-4H3,(H,24,26). The third-order valence-electron chi connectivity index (χ3n) is 3.93. The zero-order valence-electron chi connectivity index (χ0n) is 16.9. The number of carbonyl (C=O) groups excluding carboxylic acids is 2. The molecule has 6 nitrogen and oxygen atoms in total. The fourth-order valence-electron chi connectivity index (χ4n) is 2.63. The number of ether oxygens (including phenoxy) is 2. The van der Waals surface area contributed by atoms with Crippen molar-refractivity contribution in [2.24, 2.45) is 5.73 Å². The molecule has 0 aliphatic heterocycles. The highest BCUT2D eigenvalue weighted by molar-refractivity contribution is 6.15. The SMILES string of the molecule is CCOc1ccc(C(=O)c2ccccc2C(=O)NCC(C)(C)N)cc1OCC. The molecule has 0 bridgehead atoms. The van der Waals surface area contributed by atoms with Crippen LogP contribution in [-0.2, 0) is 0 Å². The lowest BCUT2D eigenvalue weighted by Crippen LogP contribution is -2.45. The molecule has 1 amide bonds. The minimum atomic E-state index is -0.546. The summed E-state index contributed by atoms with van der Waals surface area (Å²) in [5.41, 5.74) is 6.43. The predicted molar refractivity (Wildman–Crippen MR) is 109 cm³/mol. The highest BCUT2D eigenvalue weighted by atomic mass is 16.5. The van der Waals surface area contributed by atoms with Crippen molar-refractivity contribution in [1.82, 2.24) is 5.32 Å². The first-order valence-corrected chi connectivity index (χ1v) is 9.37. The molecule has 2 rings (SSSR count). The molecule has 0 heterocycles. The van der Waals surface area contributed by atoms with Crippen LogP contribution in [0.25, 0.3) is 0 Å². The van der Waals surface area contributed by atoms with Gasteiger partial charge < -0.3 is 20.5 Å². The Labute approximate surface area is 166 Å². The first-order valence-electron chi connectivity index (χ1n) is 9.37. The summed E-state index contributed by atoms with van der Waals surface area (Å²) in [7, 11) is 0. The van der Waals surface area contributed by atoms with Gasteiger partial charge in [0.1, 0.15) is 0 Å². The van der Waals surface area contributed by atoms with Gasteiger partial charge >= 0.3 is 0 Å². The van der Waals surface area contributed by atoms with Crippen LogP contribution in [0.1, 0.15) is 54.0 Å². The normalized spacial score (nSPS) is 11.0. The van der Waals surface area contributed by atoms with Crippen molar-refractivity contribution in [2.45, 2.75) is 33.2 Å². The lowest BCUT2D eigenvalue weighted by molar-refractivity contribution is 0.0935. The average molecular weight is 384 g/mol. The lowest BCUT2D eigenvalue weighted by atomic mass is 9.97. The van der Waals surface area contributed by atoms with E-state index in [1.807, 2.05) is 27.7 Å². The Morgan fingerprint density at radius 3 is 2.18 bits per heavy atom. The van der Waals surface area contributed by atoms with E-state index in [0.29, 0.717) is 47.9 Å². The van der Waals surface area contributed by atoms with Crippen LogP contribution in [0.15, 0.2) is 42.5 Å². The molecule has 0 aromatic heterocycles. The first-order chi connectivity index (χ1) is 13.3. The molecule has 150 valence electrons. The second-order valence-electron chi connectivity index (χ2n) is 7.07. The van der Waals surface area contributed by atoms with Crippen LogP contribution >= 0.6 is 0 Å². The number of rotatable bonds is 9. The van der Waals surface area contributed by atoms with Gasteiger partial charge in [0, 0.05) is 23.2 Å². The van der Waals surface area contributed by atoms with E-state index in [4.69, 9.17) is 15.2 Å². The minimum Gasteiger partial charge on any atom is -0.490 e. The second-order valence-corrected chi connectivity index (χ2v) is 7.07. The Morgan fingerprint density at radius 2 is 1.57 bits per heavy atom. The summed E-state index contributed by atoms with van der Waals surface area (Å²) < 4.78 is 11.1.